The maximum atomic E-state index is 5.82. The first-order valence-corrected chi connectivity index (χ1v) is 8.24. The Balaban J connectivity index is 1.56. The number of hydrogen-bond acceptors (Lipinski definition) is 2. The van der Waals surface area contributed by atoms with Gasteiger partial charge in [0.1, 0.15) is 11.5 Å². The van der Waals surface area contributed by atoms with Crippen LogP contribution in [-0.2, 0) is 0 Å². The molecule has 4 nitrogen and oxygen atoms in total. The van der Waals surface area contributed by atoms with Crippen LogP contribution in [0.25, 0.3) is 0 Å². The molecule has 0 aromatic heterocycles. The van der Waals surface area contributed by atoms with E-state index in [1.807, 2.05) is 91.1 Å². The molecule has 3 rings (SSSR count). The Morgan fingerprint density at radius 2 is 1.52 bits per heavy atom. The predicted molar refractivity (Wildman–Crippen MR) is 105 cm³/mol. The number of thiocarbonyl (C=S) groups is 1. The standard InChI is InChI=1S/C20H17N3OS/c25-20(22-17-9-3-1-4-10-17)23-21-15-16-8-7-13-19(14-16)24-18-11-5-2-6-12-18/h1-15H,(H2,22,23,25)/p+1. The Kier molecular flexibility index (Phi) is 5.74. The number of hydrazone groups is 1. The van der Waals surface area contributed by atoms with Crippen molar-refractivity contribution >= 4 is 29.2 Å². The van der Waals surface area contributed by atoms with Crippen molar-refractivity contribution in [1.82, 2.24) is 5.43 Å². The SMILES string of the molecule is S=C(N[NH+]=Cc1cccc(Oc2ccccc2)c1)Nc1ccccc1. The molecule has 25 heavy (non-hydrogen) atoms. The highest BCUT2D eigenvalue weighted by Crippen LogP contribution is 2.20. The van der Waals surface area contributed by atoms with E-state index >= 15 is 0 Å². The number of hydrogen-bond donors (Lipinski definition) is 3. The molecule has 0 unspecified atom stereocenters. The van der Waals surface area contributed by atoms with Crippen molar-refractivity contribution in [3.63, 3.8) is 0 Å². The minimum atomic E-state index is 0.485. The second-order valence-corrected chi connectivity index (χ2v) is 5.63. The second-order valence-electron chi connectivity index (χ2n) is 5.22. The van der Waals surface area contributed by atoms with Crippen LogP contribution in [0.5, 0.6) is 11.5 Å². The van der Waals surface area contributed by atoms with Crippen LogP contribution in [0.4, 0.5) is 5.69 Å². The third-order valence-electron chi connectivity index (χ3n) is 3.29. The maximum absolute atomic E-state index is 5.82. The average Bonchev–Trinajstić information content (AvgIpc) is 2.64. The molecule has 0 amide bonds. The number of benzene rings is 3. The summed E-state index contributed by atoms with van der Waals surface area (Å²) in [6.07, 6.45) is 1.82. The summed E-state index contributed by atoms with van der Waals surface area (Å²) in [5.41, 5.74) is 4.81. The van der Waals surface area contributed by atoms with E-state index in [0.29, 0.717) is 5.11 Å². The zero-order chi connectivity index (χ0) is 17.3. The van der Waals surface area contributed by atoms with Gasteiger partial charge >= 0.3 is 0 Å². The molecule has 0 spiro atoms. The summed E-state index contributed by atoms with van der Waals surface area (Å²) in [6, 6.07) is 27.2. The molecule has 0 aliphatic heterocycles. The highest BCUT2D eigenvalue weighted by Gasteiger charge is 2.00. The van der Waals surface area contributed by atoms with Gasteiger partial charge in [-0.1, -0.05) is 42.5 Å². The van der Waals surface area contributed by atoms with E-state index in [1.54, 1.807) is 0 Å². The monoisotopic (exact) mass is 348 g/mol. The normalized spacial score (nSPS) is 10.4. The lowest BCUT2D eigenvalue weighted by molar-refractivity contribution is -0.499. The number of rotatable bonds is 5. The number of anilines is 1. The molecule has 5 heteroatoms. The maximum Gasteiger partial charge on any atom is 0.228 e. The minimum Gasteiger partial charge on any atom is -0.457 e. The second kappa shape index (κ2) is 8.61. The van der Waals surface area contributed by atoms with Crippen LogP contribution in [0.15, 0.2) is 84.9 Å². The van der Waals surface area contributed by atoms with Gasteiger partial charge in [0.15, 0.2) is 6.21 Å². The lowest BCUT2D eigenvalue weighted by Crippen LogP contribution is -2.82. The molecular weight excluding hydrogens is 330 g/mol. The summed E-state index contributed by atoms with van der Waals surface area (Å²) in [4.78, 5) is 0. The van der Waals surface area contributed by atoms with Gasteiger partial charge in [-0.2, -0.15) is 0 Å². The van der Waals surface area contributed by atoms with Crippen LogP contribution in [0.1, 0.15) is 5.56 Å². The zero-order valence-corrected chi connectivity index (χ0v) is 14.3. The zero-order valence-electron chi connectivity index (χ0n) is 13.5. The smallest absolute Gasteiger partial charge is 0.228 e. The Morgan fingerprint density at radius 1 is 0.840 bits per heavy atom. The van der Waals surface area contributed by atoms with Crippen molar-refractivity contribution in [2.75, 3.05) is 5.32 Å². The van der Waals surface area contributed by atoms with E-state index in [9.17, 15) is 0 Å². The van der Waals surface area contributed by atoms with Gasteiger partial charge in [-0.05, 0) is 54.7 Å². The van der Waals surface area contributed by atoms with Crippen LogP contribution < -0.4 is 20.6 Å². The van der Waals surface area contributed by atoms with E-state index in [2.05, 4.69) is 15.8 Å². The quantitative estimate of drug-likeness (QED) is 0.377. The van der Waals surface area contributed by atoms with Gasteiger partial charge in [0.05, 0.1) is 0 Å². The molecule has 124 valence electrons. The van der Waals surface area contributed by atoms with Crippen molar-refractivity contribution in [3.8, 4) is 11.5 Å². The summed E-state index contributed by atoms with van der Waals surface area (Å²) in [5, 5.41) is 6.55. The predicted octanol–water partition coefficient (Wildman–Crippen LogP) is 2.88. The summed E-state index contributed by atoms with van der Waals surface area (Å²) < 4.78 is 5.82. The van der Waals surface area contributed by atoms with Gasteiger partial charge < -0.3 is 10.1 Å². The van der Waals surface area contributed by atoms with E-state index < -0.39 is 0 Å². The molecule has 0 heterocycles. The van der Waals surface area contributed by atoms with E-state index in [1.165, 1.54) is 0 Å². The average molecular weight is 348 g/mol. The highest BCUT2D eigenvalue weighted by atomic mass is 32.1. The summed E-state index contributed by atoms with van der Waals surface area (Å²) in [5.74, 6) is 1.57. The third-order valence-corrected chi connectivity index (χ3v) is 3.50. The summed E-state index contributed by atoms with van der Waals surface area (Å²) in [7, 11) is 0. The fourth-order valence-corrected chi connectivity index (χ4v) is 2.34. The van der Waals surface area contributed by atoms with Crippen molar-refractivity contribution in [2.24, 2.45) is 0 Å². The van der Waals surface area contributed by atoms with Gasteiger partial charge in [-0.25, -0.2) is 0 Å². The van der Waals surface area contributed by atoms with Gasteiger partial charge in [-0.15, -0.1) is 10.5 Å². The van der Waals surface area contributed by atoms with Gasteiger partial charge in [0.2, 0.25) is 5.11 Å². The van der Waals surface area contributed by atoms with E-state index in [4.69, 9.17) is 17.0 Å². The first-order valence-electron chi connectivity index (χ1n) is 7.83. The van der Waals surface area contributed by atoms with E-state index in [-0.39, 0.29) is 0 Å². The Bertz CT molecular complexity index is 851. The largest absolute Gasteiger partial charge is 0.457 e. The first-order chi connectivity index (χ1) is 12.3. The molecule has 0 bridgehead atoms. The molecule has 0 saturated carbocycles. The van der Waals surface area contributed by atoms with Crippen molar-refractivity contribution in [1.29, 1.82) is 0 Å². The molecule has 0 aliphatic carbocycles. The number of ether oxygens (including phenoxy) is 1. The molecule has 0 radical (unpaired) electrons. The van der Waals surface area contributed by atoms with Crippen LogP contribution in [-0.4, -0.2) is 11.3 Å². The van der Waals surface area contributed by atoms with Crippen LogP contribution >= 0.6 is 12.2 Å². The molecule has 0 aliphatic rings. The topological polar surface area (TPSA) is 47.3 Å². The Labute approximate surface area is 152 Å². The van der Waals surface area contributed by atoms with Crippen LogP contribution in [0.2, 0.25) is 0 Å². The van der Waals surface area contributed by atoms with Crippen molar-refractivity contribution < 1.29 is 9.84 Å². The van der Waals surface area contributed by atoms with Crippen LogP contribution in [0.3, 0.4) is 0 Å². The summed E-state index contributed by atoms with van der Waals surface area (Å²) >= 11 is 5.23. The highest BCUT2D eigenvalue weighted by molar-refractivity contribution is 7.80. The Hall–Kier alpha value is -3.18. The third kappa shape index (κ3) is 5.44. The molecule has 3 aromatic rings. The molecular formula is C20H18N3OS+. The van der Waals surface area contributed by atoms with Crippen molar-refractivity contribution in [3.05, 3.63) is 90.5 Å². The van der Waals surface area contributed by atoms with Gasteiger partial charge in [-0.3, -0.25) is 0 Å². The molecule has 0 fully saturated rings. The number of para-hydroxylation sites is 2. The first kappa shape index (κ1) is 16.7. The van der Waals surface area contributed by atoms with Crippen LogP contribution in [0, 0.1) is 0 Å². The number of hydrazine groups is 1. The lowest BCUT2D eigenvalue weighted by Gasteiger charge is -2.05. The summed E-state index contributed by atoms with van der Waals surface area (Å²) in [6.45, 7) is 0. The van der Waals surface area contributed by atoms with Crippen molar-refractivity contribution in [2.45, 2.75) is 0 Å². The van der Waals surface area contributed by atoms with E-state index in [0.717, 1.165) is 22.7 Å². The molecule has 3 N–H and O–H groups in total. The van der Waals surface area contributed by atoms with Gasteiger partial charge in [0, 0.05) is 11.3 Å². The fraction of sp³-hybridized carbons (Fsp3) is 0. The number of nitrogens with one attached hydrogen (secondary N) is 3. The Morgan fingerprint density at radius 3 is 2.28 bits per heavy atom. The van der Waals surface area contributed by atoms with Gasteiger partial charge in [0.25, 0.3) is 0 Å². The lowest BCUT2D eigenvalue weighted by atomic mass is 10.2. The molecule has 0 atom stereocenters. The fourth-order valence-electron chi connectivity index (χ4n) is 2.16. The minimum absolute atomic E-state index is 0.485. The molecule has 3 aromatic carbocycles. The molecule has 0 saturated heterocycles.